The highest BCUT2D eigenvalue weighted by Gasteiger charge is 2.48. The summed E-state index contributed by atoms with van der Waals surface area (Å²) in [6.07, 6.45) is 3.76. The van der Waals surface area contributed by atoms with E-state index >= 15 is 0 Å². The third kappa shape index (κ3) is 2.71. The number of pyridine rings is 1. The molecule has 0 saturated carbocycles. The summed E-state index contributed by atoms with van der Waals surface area (Å²) in [6.45, 7) is 0.310. The Bertz CT molecular complexity index is 896. The van der Waals surface area contributed by atoms with Crippen LogP contribution in [0.4, 0.5) is 0 Å². The van der Waals surface area contributed by atoms with Gasteiger partial charge in [0, 0.05) is 29.9 Å². The summed E-state index contributed by atoms with van der Waals surface area (Å²) in [6, 6.07) is 20.8. The maximum absolute atomic E-state index is 13.0. The highest BCUT2D eigenvalue weighted by molar-refractivity contribution is 5.99. The second-order valence-electron chi connectivity index (χ2n) is 6.28. The van der Waals surface area contributed by atoms with Crippen molar-refractivity contribution in [1.29, 1.82) is 0 Å². The number of aromatic nitrogens is 1. The van der Waals surface area contributed by atoms with Crippen LogP contribution < -0.4 is 0 Å². The first-order valence-corrected chi connectivity index (χ1v) is 8.25. The van der Waals surface area contributed by atoms with Gasteiger partial charge >= 0.3 is 0 Å². The van der Waals surface area contributed by atoms with Gasteiger partial charge in [-0.1, -0.05) is 54.6 Å². The third-order valence-electron chi connectivity index (χ3n) is 4.64. The van der Waals surface area contributed by atoms with E-state index in [-0.39, 0.29) is 5.91 Å². The average molecular weight is 330 g/mol. The molecule has 0 saturated heterocycles. The number of amides is 1. The average Bonchev–Trinajstić information content (AvgIpc) is 2.86. The monoisotopic (exact) mass is 330 g/mol. The molecule has 1 unspecified atom stereocenters. The number of rotatable bonds is 4. The number of carbonyl (C=O) groups is 1. The Morgan fingerprint density at radius 1 is 0.920 bits per heavy atom. The fourth-order valence-electron chi connectivity index (χ4n) is 3.43. The van der Waals surface area contributed by atoms with Gasteiger partial charge in [0.1, 0.15) is 0 Å². The molecule has 0 bridgehead atoms. The standard InChI is InChI=1S/C21H18N2O2/c24-20-18-10-4-5-11-19(18)21(25,13-16-7-2-1-3-8-16)23(20)15-17-9-6-12-22-14-17/h1-12,14,25H,13,15H2. The molecule has 4 nitrogen and oxygen atoms in total. The lowest BCUT2D eigenvalue weighted by Gasteiger charge is -2.34. The molecule has 2 aromatic carbocycles. The van der Waals surface area contributed by atoms with E-state index < -0.39 is 5.72 Å². The summed E-state index contributed by atoms with van der Waals surface area (Å²) in [5, 5.41) is 11.6. The van der Waals surface area contributed by atoms with Crippen molar-refractivity contribution in [2.45, 2.75) is 18.7 Å². The summed E-state index contributed by atoms with van der Waals surface area (Å²) in [5.41, 5.74) is 1.71. The molecule has 0 radical (unpaired) electrons. The van der Waals surface area contributed by atoms with Crippen molar-refractivity contribution in [3.63, 3.8) is 0 Å². The molecule has 1 aliphatic heterocycles. The van der Waals surface area contributed by atoms with Crippen molar-refractivity contribution in [2.24, 2.45) is 0 Å². The summed E-state index contributed by atoms with van der Waals surface area (Å²) in [7, 11) is 0. The smallest absolute Gasteiger partial charge is 0.257 e. The molecule has 3 aromatic rings. The Labute approximate surface area is 146 Å². The summed E-state index contributed by atoms with van der Waals surface area (Å²) >= 11 is 0. The molecule has 2 heterocycles. The molecule has 1 N–H and O–H groups in total. The zero-order chi connectivity index (χ0) is 17.3. The molecule has 0 aliphatic carbocycles. The molecule has 1 aromatic heterocycles. The summed E-state index contributed by atoms with van der Waals surface area (Å²) in [5.74, 6) is -0.155. The number of fused-ring (bicyclic) bond motifs is 1. The van der Waals surface area contributed by atoms with E-state index in [0.717, 1.165) is 11.1 Å². The van der Waals surface area contributed by atoms with E-state index in [1.807, 2.05) is 60.7 Å². The third-order valence-corrected chi connectivity index (χ3v) is 4.64. The minimum absolute atomic E-state index is 0.155. The Hall–Kier alpha value is -2.98. The quantitative estimate of drug-likeness (QED) is 0.800. The van der Waals surface area contributed by atoms with Crippen LogP contribution >= 0.6 is 0 Å². The van der Waals surface area contributed by atoms with Crippen LogP contribution in [-0.2, 0) is 18.7 Å². The lowest BCUT2D eigenvalue weighted by Crippen LogP contribution is -2.45. The predicted molar refractivity (Wildman–Crippen MR) is 94.6 cm³/mol. The molecular weight excluding hydrogens is 312 g/mol. The molecule has 0 spiro atoms. The molecule has 1 amide bonds. The molecule has 1 aliphatic rings. The molecule has 4 rings (SSSR count). The maximum atomic E-state index is 13.0. The summed E-state index contributed by atoms with van der Waals surface area (Å²) in [4.78, 5) is 18.6. The van der Waals surface area contributed by atoms with Gasteiger partial charge in [0.15, 0.2) is 5.72 Å². The number of aliphatic hydroxyl groups is 1. The van der Waals surface area contributed by atoms with Crippen LogP contribution in [0.5, 0.6) is 0 Å². The predicted octanol–water partition coefficient (Wildman–Crippen LogP) is 3.13. The van der Waals surface area contributed by atoms with Gasteiger partial charge in [-0.15, -0.1) is 0 Å². The first-order valence-electron chi connectivity index (χ1n) is 8.25. The fourth-order valence-corrected chi connectivity index (χ4v) is 3.43. The highest BCUT2D eigenvalue weighted by Crippen LogP contribution is 2.40. The zero-order valence-electron chi connectivity index (χ0n) is 13.7. The van der Waals surface area contributed by atoms with E-state index in [2.05, 4.69) is 4.98 Å². The molecule has 0 fully saturated rings. The van der Waals surface area contributed by atoms with Gasteiger partial charge in [0.25, 0.3) is 5.91 Å². The van der Waals surface area contributed by atoms with Crippen LogP contribution in [0, 0.1) is 0 Å². The number of hydrogen-bond acceptors (Lipinski definition) is 3. The van der Waals surface area contributed by atoms with Crippen LogP contribution in [0.3, 0.4) is 0 Å². The van der Waals surface area contributed by atoms with Crippen molar-refractivity contribution in [3.8, 4) is 0 Å². The lowest BCUT2D eigenvalue weighted by molar-refractivity contribution is -0.0879. The van der Waals surface area contributed by atoms with E-state index in [1.165, 1.54) is 0 Å². The van der Waals surface area contributed by atoms with Crippen LogP contribution in [-0.4, -0.2) is 20.9 Å². The lowest BCUT2D eigenvalue weighted by atomic mass is 9.94. The second-order valence-corrected chi connectivity index (χ2v) is 6.28. The molecule has 25 heavy (non-hydrogen) atoms. The van der Waals surface area contributed by atoms with E-state index in [0.29, 0.717) is 24.1 Å². The van der Waals surface area contributed by atoms with E-state index in [1.54, 1.807) is 23.4 Å². The van der Waals surface area contributed by atoms with E-state index in [9.17, 15) is 9.90 Å². The Morgan fingerprint density at radius 3 is 2.40 bits per heavy atom. The van der Waals surface area contributed by atoms with Gasteiger partial charge < -0.3 is 10.0 Å². The van der Waals surface area contributed by atoms with Crippen LogP contribution in [0.15, 0.2) is 79.1 Å². The number of benzene rings is 2. The van der Waals surface area contributed by atoms with Crippen molar-refractivity contribution in [3.05, 3.63) is 101 Å². The molecule has 1 atom stereocenters. The first-order chi connectivity index (χ1) is 12.2. The summed E-state index contributed by atoms with van der Waals surface area (Å²) < 4.78 is 0. The largest absolute Gasteiger partial charge is 0.366 e. The van der Waals surface area contributed by atoms with Crippen molar-refractivity contribution >= 4 is 5.91 Å². The molecular formula is C21H18N2O2. The number of carbonyl (C=O) groups excluding carboxylic acids is 1. The van der Waals surface area contributed by atoms with Crippen molar-refractivity contribution in [2.75, 3.05) is 0 Å². The topological polar surface area (TPSA) is 53.4 Å². The minimum atomic E-state index is -1.37. The Kier molecular flexibility index (Phi) is 3.82. The Balaban J connectivity index is 1.77. The number of nitrogens with zero attached hydrogens (tertiary/aromatic N) is 2. The molecule has 4 heteroatoms. The minimum Gasteiger partial charge on any atom is -0.366 e. The van der Waals surface area contributed by atoms with Gasteiger partial charge in [-0.25, -0.2) is 0 Å². The van der Waals surface area contributed by atoms with Crippen molar-refractivity contribution < 1.29 is 9.90 Å². The Morgan fingerprint density at radius 2 is 1.64 bits per heavy atom. The second kappa shape index (κ2) is 6.15. The van der Waals surface area contributed by atoms with Gasteiger partial charge in [0.05, 0.1) is 6.54 Å². The SMILES string of the molecule is O=C1c2ccccc2C(O)(Cc2ccccc2)N1Cc1cccnc1. The highest BCUT2D eigenvalue weighted by atomic mass is 16.3. The molecule has 124 valence electrons. The number of hydrogen-bond donors (Lipinski definition) is 1. The zero-order valence-corrected chi connectivity index (χ0v) is 13.7. The van der Waals surface area contributed by atoms with Gasteiger partial charge in [-0.3, -0.25) is 9.78 Å². The van der Waals surface area contributed by atoms with Gasteiger partial charge in [-0.05, 0) is 23.3 Å². The van der Waals surface area contributed by atoms with Crippen LogP contribution in [0.2, 0.25) is 0 Å². The van der Waals surface area contributed by atoms with Gasteiger partial charge in [0.2, 0.25) is 0 Å². The van der Waals surface area contributed by atoms with Crippen LogP contribution in [0.25, 0.3) is 0 Å². The van der Waals surface area contributed by atoms with Gasteiger partial charge in [-0.2, -0.15) is 0 Å². The maximum Gasteiger partial charge on any atom is 0.257 e. The normalized spacial score (nSPS) is 19.1. The van der Waals surface area contributed by atoms with Crippen LogP contribution in [0.1, 0.15) is 27.0 Å². The fraction of sp³-hybridized carbons (Fsp3) is 0.143. The first kappa shape index (κ1) is 15.5. The van der Waals surface area contributed by atoms with Crippen molar-refractivity contribution in [1.82, 2.24) is 9.88 Å². The van der Waals surface area contributed by atoms with E-state index in [4.69, 9.17) is 0 Å².